The molecular formula is C19H13ClN2O4. The van der Waals surface area contributed by atoms with Gasteiger partial charge in [0.15, 0.2) is 0 Å². The van der Waals surface area contributed by atoms with Crippen molar-refractivity contribution < 1.29 is 14.5 Å². The normalized spacial score (nSPS) is 10.2. The summed E-state index contributed by atoms with van der Waals surface area (Å²) in [6, 6.07) is 19.7. The maximum Gasteiger partial charge on any atom is 0.282 e. The van der Waals surface area contributed by atoms with Gasteiger partial charge in [0.25, 0.3) is 11.6 Å². The second-order valence-corrected chi connectivity index (χ2v) is 5.75. The lowest BCUT2D eigenvalue weighted by atomic mass is 10.1. The SMILES string of the molecule is O=C(Nc1cccc(Oc2ccccc2)c1)c1cc(Cl)ccc1[N+](=O)[O-]. The van der Waals surface area contributed by atoms with Gasteiger partial charge in [-0.15, -0.1) is 0 Å². The molecule has 6 nitrogen and oxygen atoms in total. The monoisotopic (exact) mass is 368 g/mol. The number of hydrogen-bond donors (Lipinski definition) is 1. The van der Waals surface area contributed by atoms with Crippen LogP contribution in [0.1, 0.15) is 10.4 Å². The van der Waals surface area contributed by atoms with Gasteiger partial charge in [-0.25, -0.2) is 0 Å². The molecule has 3 aromatic rings. The highest BCUT2D eigenvalue weighted by Crippen LogP contribution is 2.26. The third kappa shape index (κ3) is 4.17. The number of nitrogens with one attached hydrogen (secondary N) is 1. The lowest BCUT2D eigenvalue weighted by molar-refractivity contribution is -0.385. The molecule has 130 valence electrons. The van der Waals surface area contributed by atoms with Crippen LogP contribution in [0.2, 0.25) is 5.02 Å². The molecule has 0 heterocycles. The Balaban J connectivity index is 1.81. The lowest BCUT2D eigenvalue weighted by Gasteiger charge is -2.09. The van der Waals surface area contributed by atoms with Gasteiger partial charge in [-0.05, 0) is 36.4 Å². The maximum atomic E-state index is 12.4. The Morgan fingerprint density at radius 2 is 1.69 bits per heavy atom. The van der Waals surface area contributed by atoms with Gasteiger partial charge >= 0.3 is 0 Å². The second kappa shape index (κ2) is 7.67. The molecule has 1 amide bonds. The van der Waals surface area contributed by atoms with E-state index in [0.717, 1.165) is 0 Å². The number of nitro groups is 1. The summed E-state index contributed by atoms with van der Waals surface area (Å²) in [7, 11) is 0. The van der Waals surface area contributed by atoms with Crippen LogP contribution in [0.15, 0.2) is 72.8 Å². The number of carbonyl (C=O) groups is 1. The van der Waals surface area contributed by atoms with Gasteiger partial charge in [0.1, 0.15) is 17.1 Å². The zero-order valence-electron chi connectivity index (χ0n) is 13.4. The average molecular weight is 369 g/mol. The van der Waals surface area contributed by atoms with Gasteiger partial charge in [0, 0.05) is 22.8 Å². The molecule has 3 rings (SSSR count). The molecule has 26 heavy (non-hydrogen) atoms. The van der Waals surface area contributed by atoms with Crippen molar-refractivity contribution in [3.05, 3.63) is 93.5 Å². The summed E-state index contributed by atoms with van der Waals surface area (Å²) < 4.78 is 5.71. The minimum absolute atomic E-state index is 0.114. The van der Waals surface area contributed by atoms with Crippen LogP contribution in [-0.4, -0.2) is 10.8 Å². The molecule has 0 fully saturated rings. The topological polar surface area (TPSA) is 81.5 Å². The molecule has 0 aliphatic rings. The van der Waals surface area contributed by atoms with Gasteiger partial charge in [-0.1, -0.05) is 35.9 Å². The number of carbonyl (C=O) groups excluding carboxylic acids is 1. The number of nitrogens with zero attached hydrogens (tertiary/aromatic N) is 1. The van der Waals surface area contributed by atoms with E-state index in [0.29, 0.717) is 17.2 Å². The third-order valence-electron chi connectivity index (χ3n) is 3.47. The van der Waals surface area contributed by atoms with Crippen LogP contribution in [0.25, 0.3) is 0 Å². The van der Waals surface area contributed by atoms with Crippen LogP contribution in [0, 0.1) is 10.1 Å². The van der Waals surface area contributed by atoms with Gasteiger partial charge in [-0.3, -0.25) is 14.9 Å². The highest BCUT2D eigenvalue weighted by Gasteiger charge is 2.20. The van der Waals surface area contributed by atoms with Crippen LogP contribution in [-0.2, 0) is 0 Å². The first-order valence-electron chi connectivity index (χ1n) is 7.61. The minimum Gasteiger partial charge on any atom is -0.457 e. The Kier molecular flexibility index (Phi) is 5.15. The van der Waals surface area contributed by atoms with E-state index < -0.39 is 10.8 Å². The predicted molar refractivity (Wildman–Crippen MR) is 99.0 cm³/mol. The van der Waals surface area contributed by atoms with Gasteiger partial charge in [-0.2, -0.15) is 0 Å². The number of halogens is 1. The van der Waals surface area contributed by atoms with Gasteiger partial charge < -0.3 is 10.1 Å². The van der Waals surface area contributed by atoms with Crippen molar-refractivity contribution in [2.75, 3.05) is 5.32 Å². The molecule has 0 unspecified atom stereocenters. The summed E-state index contributed by atoms with van der Waals surface area (Å²) in [5.41, 5.74) is 0.0122. The number of para-hydroxylation sites is 1. The fraction of sp³-hybridized carbons (Fsp3) is 0. The molecule has 0 bridgehead atoms. The third-order valence-corrected chi connectivity index (χ3v) is 3.71. The highest BCUT2D eigenvalue weighted by molar-refractivity contribution is 6.31. The number of anilines is 1. The zero-order chi connectivity index (χ0) is 18.5. The number of benzene rings is 3. The quantitative estimate of drug-likeness (QED) is 0.489. The summed E-state index contributed by atoms with van der Waals surface area (Å²) in [4.78, 5) is 22.9. The van der Waals surface area contributed by atoms with Crippen molar-refractivity contribution in [1.29, 1.82) is 0 Å². The van der Waals surface area contributed by atoms with E-state index in [1.807, 2.05) is 18.2 Å². The van der Waals surface area contributed by atoms with Crippen LogP contribution in [0.3, 0.4) is 0 Å². The fourth-order valence-electron chi connectivity index (χ4n) is 2.31. The largest absolute Gasteiger partial charge is 0.457 e. The van der Waals surface area contributed by atoms with Crippen LogP contribution < -0.4 is 10.1 Å². The molecule has 0 radical (unpaired) electrons. The molecule has 0 saturated carbocycles. The van der Waals surface area contributed by atoms with Crippen molar-refractivity contribution in [3.8, 4) is 11.5 Å². The van der Waals surface area contributed by atoms with Gasteiger partial charge in [0.2, 0.25) is 0 Å². The summed E-state index contributed by atoms with van der Waals surface area (Å²) >= 11 is 5.86. The number of hydrogen-bond acceptors (Lipinski definition) is 4. The predicted octanol–water partition coefficient (Wildman–Crippen LogP) is 5.29. The smallest absolute Gasteiger partial charge is 0.282 e. The molecule has 0 spiro atoms. The summed E-state index contributed by atoms with van der Waals surface area (Å²) in [6.45, 7) is 0. The average Bonchev–Trinajstić information content (AvgIpc) is 2.62. The molecule has 0 aromatic heterocycles. The first-order chi connectivity index (χ1) is 12.5. The van der Waals surface area contributed by atoms with Gasteiger partial charge in [0.05, 0.1) is 4.92 Å². The Bertz CT molecular complexity index is 961. The summed E-state index contributed by atoms with van der Waals surface area (Å²) in [6.07, 6.45) is 0. The van der Waals surface area contributed by atoms with E-state index in [-0.39, 0.29) is 16.3 Å². The first-order valence-corrected chi connectivity index (χ1v) is 7.99. The van der Waals surface area contributed by atoms with Crippen molar-refractivity contribution in [2.45, 2.75) is 0 Å². The second-order valence-electron chi connectivity index (χ2n) is 5.32. The van der Waals surface area contributed by atoms with Crippen molar-refractivity contribution in [3.63, 3.8) is 0 Å². The number of nitro benzene ring substituents is 1. The van der Waals surface area contributed by atoms with E-state index >= 15 is 0 Å². The molecule has 0 saturated heterocycles. The van der Waals surface area contributed by atoms with Crippen molar-refractivity contribution >= 4 is 28.9 Å². The van der Waals surface area contributed by atoms with E-state index in [1.54, 1.807) is 36.4 Å². The highest BCUT2D eigenvalue weighted by atomic mass is 35.5. The maximum absolute atomic E-state index is 12.4. The fourth-order valence-corrected chi connectivity index (χ4v) is 2.48. The van der Waals surface area contributed by atoms with E-state index in [4.69, 9.17) is 16.3 Å². The molecule has 7 heteroatoms. The standard InChI is InChI=1S/C19H13ClN2O4/c20-13-9-10-18(22(24)25)17(11-13)19(23)21-14-5-4-8-16(12-14)26-15-6-2-1-3-7-15/h1-12H,(H,21,23). The summed E-state index contributed by atoms with van der Waals surface area (Å²) in [5.74, 6) is 0.548. The first kappa shape index (κ1) is 17.4. The lowest BCUT2D eigenvalue weighted by Crippen LogP contribution is -2.14. The van der Waals surface area contributed by atoms with E-state index in [1.165, 1.54) is 18.2 Å². The van der Waals surface area contributed by atoms with E-state index in [2.05, 4.69) is 5.32 Å². The Morgan fingerprint density at radius 1 is 0.962 bits per heavy atom. The number of rotatable bonds is 5. The van der Waals surface area contributed by atoms with Crippen molar-refractivity contribution in [1.82, 2.24) is 0 Å². The molecule has 0 atom stereocenters. The van der Waals surface area contributed by atoms with E-state index in [9.17, 15) is 14.9 Å². The Labute approximate surface area is 154 Å². The van der Waals surface area contributed by atoms with Crippen LogP contribution >= 0.6 is 11.6 Å². The summed E-state index contributed by atoms with van der Waals surface area (Å²) in [5, 5.41) is 14.0. The molecule has 0 aliphatic heterocycles. The molecular weight excluding hydrogens is 356 g/mol. The molecule has 1 N–H and O–H groups in total. The number of amides is 1. The van der Waals surface area contributed by atoms with Crippen LogP contribution in [0.5, 0.6) is 11.5 Å². The van der Waals surface area contributed by atoms with Crippen molar-refractivity contribution in [2.24, 2.45) is 0 Å². The molecule has 0 aliphatic carbocycles. The number of ether oxygens (including phenoxy) is 1. The van der Waals surface area contributed by atoms with Crippen LogP contribution in [0.4, 0.5) is 11.4 Å². The molecule has 3 aromatic carbocycles. The minimum atomic E-state index is -0.629. The Morgan fingerprint density at radius 3 is 2.42 bits per heavy atom. The Hall–Kier alpha value is -3.38. The zero-order valence-corrected chi connectivity index (χ0v) is 14.1.